The number of amides is 2. The molecule has 3 heterocycles. The van der Waals surface area contributed by atoms with E-state index in [2.05, 4.69) is 25.9 Å². The number of anilines is 1. The van der Waals surface area contributed by atoms with Crippen LogP contribution in [0.3, 0.4) is 0 Å². The lowest BCUT2D eigenvalue weighted by Crippen LogP contribution is -2.33. The highest BCUT2D eigenvalue weighted by Gasteiger charge is 2.20. The lowest BCUT2D eigenvalue weighted by atomic mass is 10.1. The number of fused-ring (bicyclic) bond motifs is 1. The molecule has 0 aliphatic rings. The summed E-state index contributed by atoms with van der Waals surface area (Å²) in [5.41, 5.74) is 0.747. The SMILES string of the molecule is O=C(CNC(=O)c1cn(-c2ccccc2)nc1-c1cccs1)Nc1cccc2c(=O)[nH][nH]c(=O)c12. The number of carbonyl (C=O) groups excluding carboxylic acids is 2. The van der Waals surface area contributed by atoms with Crippen molar-refractivity contribution in [3.63, 3.8) is 0 Å². The van der Waals surface area contributed by atoms with Gasteiger partial charge in [-0.2, -0.15) is 5.10 Å². The van der Waals surface area contributed by atoms with Crippen LogP contribution in [-0.2, 0) is 4.79 Å². The molecule has 0 unspecified atom stereocenters. The first-order chi connectivity index (χ1) is 17.0. The summed E-state index contributed by atoms with van der Waals surface area (Å²) in [5, 5.41) is 16.4. The van der Waals surface area contributed by atoms with Crippen LogP contribution in [-0.4, -0.2) is 38.3 Å². The molecule has 0 aliphatic carbocycles. The van der Waals surface area contributed by atoms with E-state index in [-0.39, 0.29) is 23.0 Å². The molecular weight excluding hydrogens is 468 g/mol. The monoisotopic (exact) mass is 486 g/mol. The summed E-state index contributed by atoms with van der Waals surface area (Å²) in [6.07, 6.45) is 1.62. The molecule has 5 rings (SSSR count). The topological polar surface area (TPSA) is 142 Å². The summed E-state index contributed by atoms with van der Waals surface area (Å²) in [5.74, 6) is -1.03. The number of thiophene rings is 1. The molecule has 0 aliphatic heterocycles. The van der Waals surface area contributed by atoms with E-state index < -0.39 is 22.9 Å². The van der Waals surface area contributed by atoms with Gasteiger partial charge in [-0.05, 0) is 35.7 Å². The quantitative estimate of drug-likeness (QED) is 0.292. The van der Waals surface area contributed by atoms with Crippen molar-refractivity contribution in [2.75, 3.05) is 11.9 Å². The highest BCUT2D eigenvalue weighted by atomic mass is 32.1. The number of para-hydroxylation sites is 1. The van der Waals surface area contributed by atoms with Crippen molar-refractivity contribution < 1.29 is 9.59 Å². The summed E-state index contributed by atoms with van der Waals surface area (Å²) < 4.78 is 1.62. The van der Waals surface area contributed by atoms with E-state index in [1.54, 1.807) is 16.9 Å². The van der Waals surface area contributed by atoms with Crippen LogP contribution in [0.1, 0.15) is 10.4 Å². The maximum absolute atomic E-state index is 13.0. The van der Waals surface area contributed by atoms with Gasteiger partial charge >= 0.3 is 0 Å². The first-order valence-corrected chi connectivity index (χ1v) is 11.4. The van der Waals surface area contributed by atoms with Gasteiger partial charge in [-0.3, -0.25) is 29.4 Å². The zero-order chi connectivity index (χ0) is 24.4. The summed E-state index contributed by atoms with van der Waals surface area (Å²) in [7, 11) is 0. The lowest BCUT2D eigenvalue weighted by Gasteiger charge is -2.09. The zero-order valence-electron chi connectivity index (χ0n) is 18.1. The highest BCUT2D eigenvalue weighted by molar-refractivity contribution is 7.13. The molecule has 0 atom stereocenters. The fourth-order valence-electron chi connectivity index (χ4n) is 3.63. The fraction of sp³-hybridized carbons (Fsp3) is 0.0417. The van der Waals surface area contributed by atoms with Crippen molar-refractivity contribution in [3.05, 3.63) is 98.5 Å². The standard InChI is InChI=1S/C24H18N6O4S/c31-19(26-17-9-4-8-15-20(17)24(34)28-27-23(15)33)12-25-22(32)16-13-30(14-6-2-1-3-7-14)29-21(16)18-10-5-11-35-18/h1-11,13H,12H2,(H,25,32)(H,26,31)(H,27,33)(H,28,34). The normalized spacial score (nSPS) is 10.9. The number of rotatable bonds is 6. The molecule has 0 saturated heterocycles. The van der Waals surface area contributed by atoms with Crippen molar-refractivity contribution in [2.24, 2.45) is 0 Å². The number of nitrogens with one attached hydrogen (secondary N) is 4. The Hall–Kier alpha value is -4.77. The molecule has 3 aromatic heterocycles. The van der Waals surface area contributed by atoms with E-state index in [0.717, 1.165) is 10.6 Å². The van der Waals surface area contributed by atoms with Gasteiger partial charge in [-0.25, -0.2) is 4.68 Å². The maximum Gasteiger partial charge on any atom is 0.272 e. The Kier molecular flexibility index (Phi) is 5.81. The number of hydrogen-bond donors (Lipinski definition) is 4. The largest absolute Gasteiger partial charge is 0.343 e. The van der Waals surface area contributed by atoms with Crippen LogP contribution in [0.25, 0.3) is 27.0 Å². The first kappa shape index (κ1) is 22.0. The van der Waals surface area contributed by atoms with E-state index in [1.165, 1.54) is 23.5 Å². The Morgan fingerprint density at radius 1 is 0.943 bits per heavy atom. The Morgan fingerprint density at radius 3 is 2.51 bits per heavy atom. The molecule has 0 fully saturated rings. The first-order valence-electron chi connectivity index (χ1n) is 10.5. The van der Waals surface area contributed by atoms with Gasteiger partial charge in [0.25, 0.3) is 17.0 Å². The van der Waals surface area contributed by atoms with Crippen LogP contribution in [0.2, 0.25) is 0 Å². The summed E-state index contributed by atoms with van der Waals surface area (Å²) >= 11 is 1.45. The van der Waals surface area contributed by atoms with Crippen molar-refractivity contribution in [2.45, 2.75) is 0 Å². The predicted octanol–water partition coefficient (Wildman–Crippen LogP) is 2.50. The molecular formula is C24H18N6O4S. The number of benzene rings is 2. The van der Waals surface area contributed by atoms with Crippen LogP contribution >= 0.6 is 11.3 Å². The van der Waals surface area contributed by atoms with Gasteiger partial charge < -0.3 is 10.6 Å². The molecule has 5 aromatic rings. The number of hydrogen-bond acceptors (Lipinski definition) is 6. The zero-order valence-corrected chi connectivity index (χ0v) is 18.9. The average Bonchev–Trinajstić information content (AvgIpc) is 3.56. The molecule has 2 amide bonds. The molecule has 0 radical (unpaired) electrons. The molecule has 11 heteroatoms. The Labute approximate surface area is 201 Å². The van der Waals surface area contributed by atoms with Crippen molar-refractivity contribution in [1.29, 1.82) is 0 Å². The molecule has 174 valence electrons. The van der Waals surface area contributed by atoms with Crippen LogP contribution < -0.4 is 21.8 Å². The number of H-pyrrole nitrogens is 2. The van der Waals surface area contributed by atoms with Gasteiger partial charge in [0.2, 0.25) is 5.91 Å². The molecule has 35 heavy (non-hydrogen) atoms. The Balaban J connectivity index is 1.36. The minimum absolute atomic E-state index is 0.0556. The third-order valence-corrected chi connectivity index (χ3v) is 6.12. The minimum Gasteiger partial charge on any atom is -0.343 e. The van der Waals surface area contributed by atoms with Crippen LogP contribution in [0, 0.1) is 0 Å². The van der Waals surface area contributed by atoms with Gasteiger partial charge in [0.05, 0.1) is 39.1 Å². The number of nitrogens with zero attached hydrogens (tertiary/aromatic N) is 2. The number of carbonyl (C=O) groups is 2. The second-order valence-electron chi connectivity index (χ2n) is 7.52. The van der Waals surface area contributed by atoms with E-state index in [1.807, 2.05) is 47.8 Å². The second kappa shape index (κ2) is 9.23. The van der Waals surface area contributed by atoms with Crippen molar-refractivity contribution >= 4 is 39.6 Å². The molecule has 2 aromatic carbocycles. The predicted molar refractivity (Wildman–Crippen MR) is 133 cm³/mol. The summed E-state index contributed by atoms with van der Waals surface area (Å²) in [4.78, 5) is 50.6. The van der Waals surface area contributed by atoms with E-state index in [0.29, 0.717) is 11.3 Å². The number of aromatic amines is 2. The van der Waals surface area contributed by atoms with E-state index in [9.17, 15) is 19.2 Å². The van der Waals surface area contributed by atoms with Crippen molar-refractivity contribution in [1.82, 2.24) is 25.3 Å². The van der Waals surface area contributed by atoms with Gasteiger partial charge in [0, 0.05) is 6.20 Å². The van der Waals surface area contributed by atoms with E-state index >= 15 is 0 Å². The van der Waals surface area contributed by atoms with Crippen LogP contribution in [0.15, 0.2) is 81.8 Å². The molecule has 0 bridgehead atoms. The third kappa shape index (κ3) is 4.39. The van der Waals surface area contributed by atoms with Crippen LogP contribution in [0.4, 0.5) is 5.69 Å². The smallest absolute Gasteiger partial charge is 0.272 e. The summed E-state index contributed by atoms with van der Waals surface area (Å²) in [6, 6.07) is 17.7. The van der Waals surface area contributed by atoms with Crippen molar-refractivity contribution in [3.8, 4) is 16.3 Å². The maximum atomic E-state index is 13.0. The van der Waals surface area contributed by atoms with Gasteiger partial charge in [0.1, 0.15) is 5.69 Å². The highest BCUT2D eigenvalue weighted by Crippen LogP contribution is 2.27. The molecule has 0 saturated carbocycles. The number of aromatic nitrogens is 4. The third-order valence-electron chi connectivity index (χ3n) is 5.24. The van der Waals surface area contributed by atoms with Crippen LogP contribution in [0.5, 0.6) is 0 Å². The second-order valence-corrected chi connectivity index (χ2v) is 8.46. The molecule has 4 N–H and O–H groups in total. The fourth-order valence-corrected chi connectivity index (χ4v) is 4.36. The summed E-state index contributed by atoms with van der Waals surface area (Å²) in [6.45, 7) is -0.350. The lowest BCUT2D eigenvalue weighted by molar-refractivity contribution is -0.115. The molecule has 0 spiro atoms. The van der Waals surface area contributed by atoms with Gasteiger partial charge in [0.15, 0.2) is 0 Å². The Bertz CT molecular complexity index is 1650. The van der Waals surface area contributed by atoms with Gasteiger partial charge in [-0.1, -0.05) is 30.3 Å². The Morgan fingerprint density at radius 2 is 1.74 bits per heavy atom. The van der Waals surface area contributed by atoms with Gasteiger partial charge in [-0.15, -0.1) is 11.3 Å². The molecule has 10 nitrogen and oxygen atoms in total. The minimum atomic E-state index is -0.557. The average molecular weight is 487 g/mol. The van der Waals surface area contributed by atoms with E-state index in [4.69, 9.17) is 0 Å².